The largest absolute Gasteiger partial charge is 0.394 e. The second-order valence-corrected chi connectivity index (χ2v) is 5.59. The zero-order valence-corrected chi connectivity index (χ0v) is 12.9. The fraction of sp³-hybridized carbons (Fsp3) is 0.500. The van der Waals surface area contributed by atoms with Crippen LogP contribution in [0.2, 0.25) is 0 Å². The second kappa shape index (κ2) is 6.54. The van der Waals surface area contributed by atoms with Crippen molar-refractivity contribution in [2.24, 2.45) is 0 Å². The molecule has 7 heteroatoms. The first-order valence-electron chi connectivity index (χ1n) is 7.70. The van der Waals surface area contributed by atoms with E-state index in [-0.39, 0.29) is 12.7 Å². The van der Waals surface area contributed by atoms with E-state index in [0.717, 1.165) is 18.4 Å². The summed E-state index contributed by atoms with van der Waals surface area (Å²) in [6, 6.07) is 0. The minimum atomic E-state index is -0.726. The highest BCUT2D eigenvalue weighted by atomic mass is 16.5. The van der Waals surface area contributed by atoms with Crippen LogP contribution in [0.25, 0.3) is 11.0 Å². The minimum Gasteiger partial charge on any atom is -0.394 e. The van der Waals surface area contributed by atoms with Gasteiger partial charge in [-0.15, -0.1) is 0 Å². The summed E-state index contributed by atoms with van der Waals surface area (Å²) < 4.78 is 7.44. The minimum absolute atomic E-state index is 0.132. The Bertz CT molecular complexity index is 762. The highest BCUT2D eigenvalue weighted by molar-refractivity contribution is 5.92. The number of nitrogens with zero attached hydrogens (tertiary/aromatic N) is 3. The molecule has 0 bridgehead atoms. The molecule has 1 aliphatic heterocycles. The topological polar surface area (TPSA) is 106 Å². The Labute approximate surface area is 134 Å². The van der Waals surface area contributed by atoms with Crippen molar-refractivity contribution in [2.45, 2.75) is 44.6 Å². The third-order valence-corrected chi connectivity index (χ3v) is 3.88. The summed E-state index contributed by atoms with van der Waals surface area (Å²) in [7, 11) is 0. The zero-order chi connectivity index (χ0) is 16.4. The van der Waals surface area contributed by atoms with E-state index < -0.39 is 12.3 Å². The summed E-state index contributed by atoms with van der Waals surface area (Å²) >= 11 is 0. The van der Waals surface area contributed by atoms with Gasteiger partial charge in [0.15, 0.2) is 6.23 Å². The van der Waals surface area contributed by atoms with Gasteiger partial charge in [-0.05, 0) is 6.42 Å². The number of hydrogen-bond acceptors (Lipinski definition) is 6. The van der Waals surface area contributed by atoms with Gasteiger partial charge in [-0.25, -0.2) is 9.97 Å². The number of aromatic nitrogens is 3. The van der Waals surface area contributed by atoms with E-state index in [1.807, 2.05) is 0 Å². The molecule has 2 aromatic heterocycles. The highest BCUT2D eigenvalue weighted by Gasteiger charge is 2.36. The number of ether oxygens (including phenoxy) is 1. The number of fused-ring (bicyclic) bond motifs is 1. The van der Waals surface area contributed by atoms with Gasteiger partial charge < -0.3 is 25.3 Å². The molecule has 122 valence electrons. The molecule has 2 aromatic rings. The number of aliphatic hydroxyl groups is 2. The Morgan fingerprint density at radius 1 is 1.48 bits per heavy atom. The highest BCUT2D eigenvalue weighted by Crippen LogP contribution is 2.33. The lowest BCUT2D eigenvalue weighted by atomic mass is 10.2. The number of anilines is 1. The first kappa shape index (κ1) is 15.7. The summed E-state index contributed by atoms with van der Waals surface area (Å²) in [6.45, 7) is 1.93. The van der Waals surface area contributed by atoms with Crippen LogP contribution in [-0.2, 0) is 4.74 Å². The molecule has 0 aliphatic carbocycles. The van der Waals surface area contributed by atoms with Gasteiger partial charge in [-0.2, -0.15) is 0 Å². The molecule has 1 saturated heterocycles. The summed E-state index contributed by atoms with van der Waals surface area (Å²) in [5, 5.41) is 20.1. The van der Waals surface area contributed by atoms with Crippen LogP contribution in [0.3, 0.4) is 0 Å². The number of nitrogen functional groups attached to an aromatic ring is 1. The fourth-order valence-corrected chi connectivity index (χ4v) is 2.78. The molecular formula is C16H20N4O3. The molecule has 4 N–H and O–H groups in total. The van der Waals surface area contributed by atoms with Crippen molar-refractivity contribution < 1.29 is 14.9 Å². The summed E-state index contributed by atoms with van der Waals surface area (Å²) in [4.78, 5) is 8.30. The molecule has 1 aliphatic rings. The third-order valence-electron chi connectivity index (χ3n) is 3.88. The molecule has 7 nitrogen and oxygen atoms in total. The maximum Gasteiger partial charge on any atom is 0.161 e. The normalized spacial score (nSPS) is 23.9. The van der Waals surface area contributed by atoms with Gasteiger partial charge in [0.25, 0.3) is 0 Å². The molecule has 0 saturated carbocycles. The fourth-order valence-electron chi connectivity index (χ4n) is 2.78. The molecule has 3 rings (SSSR count). The molecular weight excluding hydrogens is 296 g/mol. The molecule has 3 atom stereocenters. The van der Waals surface area contributed by atoms with Crippen LogP contribution in [0, 0.1) is 11.8 Å². The number of nitrogens with two attached hydrogens (primary N) is 1. The van der Waals surface area contributed by atoms with E-state index in [4.69, 9.17) is 10.5 Å². The number of aliphatic hydroxyl groups excluding tert-OH is 2. The van der Waals surface area contributed by atoms with Gasteiger partial charge in [0, 0.05) is 19.0 Å². The van der Waals surface area contributed by atoms with E-state index in [1.54, 1.807) is 10.8 Å². The van der Waals surface area contributed by atoms with Crippen molar-refractivity contribution >= 4 is 16.9 Å². The molecule has 3 heterocycles. The molecule has 1 fully saturated rings. The number of rotatable bonds is 3. The van der Waals surface area contributed by atoms with Gasteiger partial charge in [-0.1, -0.05) is 18.8 Å². The molecule has 0 aromatic carbocycles. The number of unbranched alkanes of at least 4 members (excludes halogenated alkanes) is 1. The first-order chi connectivity index (χ1) is 11.2. The van der Waals surface area contributed by atoms with Gasteiger partial charge in [0.2, 0.25) is 0 Å². The smallest absolute Gasteiger partial charge is 0.161 e. The van der Waals surface area contributed by atoms with Crippen molar-refractivity contribution in [3.8, 4) is 11.8 Å². The van der Waals surface area contributed by atoms with Crippen LogP contribution in [0.5, 0.6) is 0 Å². The molecule has 0 radical (unpaired) electrons. The van der Waals surface area contributed by atoms with Crippen LogP contribution in [0.1, 0.15) is 38.0 Å². The van der Waals surface area contributed by atoms with E-state index >= 15 is 0 Å². The lowest BCUT2D eigenvalue weighted by Crippen LogP contribution is -2.19. The summed E-state index contributed by atoms with van der Waals surface area (Å²) in [5.74, 6) is 6.53. The van der Waals surface area contributed by atoms with Crippen LogP contribution < -0.4 is 5.73 Å². The van der Waals surface area contributed by atoms with Crippen LogP contribution in [0.4, 0.5) is 5.82 Å². The predicted molar refractivity (Wildman–Crippen MR) is 85.3 cm³/mol. The summed E-state index contributed by atoms with van der Waals surface area (Å²) in [5.41, 5.74) is 7.27. The monoisotopic (exact) mass is 316 g/mol. The standard InChI is InChI=1S/C16H20N4O3/c1-2-3-4-5-10-7-20(15-13(10)14(17)18-9-19-15)16-12(22)6-11(8-21)23-16/h7,9,11-12,16,21-22H,2-3,6,8H2,1H3,(H2,17,18,19)/t11-,12+,16+/m0/s1. The Hall–Kier alpha value is -2.14. The van der Waals surface area contributed by atoms with Crippen LogP contribution in [0.15, 0.2) is 12.5 Å². The van der Waals surface area contributed by atoms with E-state index in [1.165, 1.54) is 6.33 Å². The van der Waals surface area contributed by atoms with Crippen molar-refractivity contribution in [1.82, 2.24) is 14.5 Å². The van der Waals surface area contributed by atoms with Gasteiger partial charge in [0.05, 0.1) is 23.7 Å². The Kier molecular flexibility index (Phi) is 4.48. The Balaban J connectivity index is 2.08. The Morgan fingerprint density at radius 3 is 3.00 bits per heavy atom. The SMILES string of the molecule is CCCC#Cc1cn([C@@H]2O[C@H](CO)C[C@H]2O)c2ncnc(N)c12. The maximum atomic E-state index is 10.2. The Morgan fingerprint density at radius 2 is 2.30 bits per heavy atom. The summed E-state index contributed by atoms with van der Waals surface area (Å²) in [6.07, 6.45) is 3.56. The molecule has 0 unspecified atom stereocenters. The van der Waals surface area contributed by atoms with Crippen molar-refractivity contribution in [3.63, 3.8) is 0 Å². The maximum absolute atomic E-state index is 10.2. The number of hydrogen-bond donors (Lipinski definition) is 3. The third kappa shape index (κ3) is 2.88. The van der Waals surface area contributed by atoms with Crippen molar-refractivity contribution in [1.29, 1.82) is 0 Å². The van der Waals surface area contributed by atoms with Gasteiger partial charge >= 0.3 is 0 Å². The zero-order valence-electron chi connectivity index (χ0n) is 12.9. The molecule has 23 heavy (non-hydrogen) atoms. The lowest BCUT2D eigenvalue weighted by Gasteiger charge is -2.17. The van der Waals surface area contributed by atoms with Crippen LogP contribution >= 0.6 is 0 Å². The quantitative estimate of drug-likeness (QED) is 0.723. The predicted octanol–water partition coefficient (Wildman–Crippen LogP) is 0.806. The van der Waals surface area contributed by atoms with Crippen LogP contribution in [-0.4, -0.2) is 43.6 Å². The average Bonchev–Trinajstić information content (AvgIpc) is 3.09. The van der Waals surface area contributed by atoms with Gasteiger partial charge in [-0.3, -0.25) is 0 Å². The lowest BCUT2D eigenvalue weighted by molar-refractivity contribution is -0.0484. The van der Waals surface area contributed by atoms with Crippen molar-refractivity contribution in [2.75, 3.05) is 12.3 Å². The average molecular weight is 316 g/mol. The molecule has 0 amide bonds. The molecule has 0 spiro atoms. The first-order valence-corrected chi connectivity index (χ1v) is 7.70. The van der Waals surface area contributed by atoms with Gasteiger partial charge in [0.1, 0.15) is 23.9 Å². The van der Waals surface area contributed by atoms with E-state index in [2.05, 4.69) is 28.7 Å². The van der Waals surface area contributed by atoms with E-state index in [0.29, 0.717) is 23.3 Å². The van der Waals surface area contributed by atoms with E-state index in [9.17, 15) is 10.2 Å². The van der Waals surface area contributed by atoms with Crippen molar-refractivity contribution in [3.05, 3.63) is 18.1 Å². The second-order valence-electron chi connectivity index (χ2n) is 5.59.